The molecule has 0 saturated carbocycles. The van der Waals surface area contributed by atoms with Gasteiger partial charge in [-0.1, -0.05) is 26.0 Å². The maximum absolute atomic E-state index is 13.6. The fourth-order valence-electron chi connectivity index (χ4n) is 3.50. The molecule has 162 valence electrons. The number of urea groups is 1. The van der Waals surface area contributed by atoms with E-state index >= 15 is 0 Å². The fraction of sp³-hybridized carbons (Fsp3) is 0.318. The zero-order chi connectivity index (χ0) is 22.4. The van der Waals surface area contributed by atoms with Crippen LogP contribution < -0.4 is 10.6 Å². The number of guanidine groups is 1. The number of anilines is 2. The zero-order valence-electron chi connectivity index (χ0n) is 17.3. The van der Waals surface area contributed by atoms with Crippen LogP contribution in [-0.2, 0) is 0 Å². The lowest BCUT2D eigenvalue weighted by atomic mass is 10.00. The molecule has 0 radical (unpaired) electrons. The van der Waals surface area contributed by atoms with Gasteiger partial charge in [-0.25, -0.2) is 13.6 Å². The number of hydrogen-bond donors (Lipinski definition) is 2. The third-order valence-corrected chi connectivity index (χ3v) is 5.06. The van der Waals surface area contributed by atoms with Crippen LogP contribution in [0.2, 0.25) is 0 Å². The van der Waals surface area contributed by atoms with Gasteiger partial charge in [0, 0.05) is 31.0 Å². The zero-order valence-corrected chi connectivity index (χ0v) is 17.3. The van der Waals surface area contributed by atoms with E-state index in [1.165, 1.54) is 30.3 Å². The molecule has 0 aliphatic carbocycles. The lowest BCUT2D eigenvalue weighted by molar-refractivity contribution is 0.120. The first-order chi connectivity index (χ1) is 14.9. The topological polar surface area (TPSA) is 83.8 Å². The van der Waals surface area contributed by atoms with Gasteiger partial charge in [0.1, 0.15) is 11.6 Å². The van der Waals surface area contributed by atoms with Crippen molar-refractivity contribution in [3.05, 3.63) is 60.2 Å². The van der Waals surface area contributed by atoms with Gasteiger partial charge in [-0.2, -0.15) is 5.26 Å². The van der Waals surface area contributed by atoms with Gasteiger partial charge in [0.05, 0.1) is 6.04 Å². The minimum atomic E-state index is -0.427. The van der Waals surface area contributed by atoms with E-state index in [-0.39, 0.29) is 18.0 Å². The molecule has 1 saturated heterocycles. The Bertz CT molecular complexity index is 1000. The SMILES string of the molecule is CC(C)C1CN(C(=O)Nc2cccc(F)c2)CCN1/C(=N/C#N)Nc1cccc(F)c1. The van der Waals surface area contributed by atoms with E-state index in [9.17, 15) is 13.6 Å². The summed E-state index contributed by atoms with van der Waals surface area (Å²) in [5.74, 6) is -0.399. The standard InChI is InChI=1S/C22H24F2N6O/c1-15(2)20-13-29(22(31)28-19-8-4-6-17(24)12-19)9-10-30(20)21(26-14-25)27-18-7-3-5-16(23)11-18/h3-8,11-12,15,20H,9-10,13H2,1-2H3,(H,26,27)(H,28,31). The first kappa shape index (κ1) is 22.0. The van der Waals surface area contributed by atoms with Crippen LogP contribution in [0.4, 0.5) is 25.0 Å². The van der Waals surface area contributed by atoms with Gasteiger partial charge in [0.25, 0.3) is 0 Å². The van der Waals surface area contributed by atoms with E-state index in [1.54, 1.807) is 29.3 Å². The molecule has 1 unspecified atom stereocenters. The third kappa shape index (κ3) is 5.69. The highest BCUT2D eigenvalue weighted by atomic mass is 19.1. The van der Waals surface area contributed by atoms with Crippen molar-refractivity contribution in [3.63, 3.8) is 0 Å². The number of piperazine rings is 1. The number of nitrogens with zero attached hydrogens (tertiary/aromatic N) is 4. The predicted molar refractivity (Wildman–Crippen MR) is 115 cm³/mol. The fourth-order valence-corrected chi connectivity index (χ4v) is 3.50. The van der Waals surface area contributed by atoms with Gasteiger partial charge in [-0.05, 0) is 42.3 Å². The van der Waals surface area contributed by atoms with Crippen molar-refractivity contribution in [3.8, 4) is 6.19 Å². The summed E-state index contributed by atoms with van der Waals surface area (Å²) >= 11 is 0. The monoisotopic (exact) mass is 426 g/mol. The molecule has 1 aliphatic rings. The molecule has 7 nitrogen and oxygen atoms in total. The quantitative estimate of drug-likeness (QED) is 0.440. The van der Waals surface area contributed by atoms with E-state index < -0.39 is 11.6 Å². The average molecular weight is 426 g/mol. The first-order valence-corrected chi connectivity index (χ1v) is 9.95. The second-order valence-corrected chi connectivity index (χ2v) is 7.56. The molecule has 1 aliphatic heterocycles. The van der Waals surface area contributed by atoms with Crippen LogP contribution in [0.3, 0.4) is 0 Å². The lowest BCUT2D eigenvalue weighted by Crippen LogP contribution is -2.60. The molecule has 0 bridgehead atoms. The Kier molecular flexibility index (Phi) is 7.03. The number of rotatable bonds is 3. The number of halogens is 2. The molecule has 3 rings (SSSR count). The van der Waals surface area contributed by atoms with Gasteiger partial charge in [-0.15, -0.1) is 4.99 Å². The predicted octanol–water partition coefficient (Wildman–Crippen LogP) is 4.09. The van der Waals surface area contributed by atoms with Gasteiger partial charge in [0.2, 0.25) is 12.2 Å². The molecule has 1 fully saturated rings. The van der Waals surface area contributed by atoms with Crippen LogP contribution in [-0.4, -0.2) is 47.5 Å². The summed E-state index contributed by atoms with van der Waals surface area (Å²) in [6.07, 6.45) is 1.79. The van der Waals surface area contributed by atoms with Crippen LogP contribution in [0.1, 0.15) is 13.8 Å². The van der Waals surface area contributed by atoms with Crippen LogP contribution >= 0.6 is 0 Å². The van der Waals surface area contributed by atoms with Crippen molar-refractivity contribution in [1.29, 1.82) is 5.26 Å². The van der Waals surface area contributed by atoms with Gasteiger partial charge < -0.3 is 20.4 Å². The summed E-state index contributed by atoms with van der Waals surface area (Å²) in [6, 6.07) is 11.2. The maximum Gasteiger partial charge on any atom is 0.321 e. The van der Waals surface area contributed by atoms with E-state index in [0.29, 0.717) is 37.0 Å². The summed E-state index contributed by atoms with van der Waals surface area (Å²) in [7, 11) is 0. The van der Waals surface area contributed by atoms with Crippen molar-refractivity contribution in [1.82, 2.24) is 9.80 Å². The van der Waals surface area contributed by atoms with Crippen LogP contribution in [0.15, 0.2) is 53.5 Å². The van der Waals surface area contributed by atoms with Crippen molar-refractivity contribution in [2.24, 2.45) is 10.9 Å². The lowest BCUT2D eigenvalue weighted by Gasteiger charge is -2.44. The third-order valence-electron chi connectivity index (χ3n) is 5.06. The Morgan fingerprint density at radius 3 is 2.26 bits per heavy atom. The van der Waals surface area contributed by atoms with Crippen molar-refractivity contribution in [2.45, 2.75) is 19.9 Å². The van der Waals surface area contributed by atoms with E-state index in [1.807, 2.05) is 18.7 Å². The highest BCUT2D eigenvalue weighted by molar-refractivity contribution is 5.95. The van der Waals surface area contributed by atoms with E-state index in [2.05, 4.69) is 15.6 Å². The number of nitriles is 1. The van der Waals surface area contributed by atoms with Crippen LogP contribution in [0.25, 0.3) is 0 Å². The van der Waals surface area contributed by atoms with Gasteiger partial charge >= 0.3 is 6.03 Å². The molecule has 2 aromatic rings. The molecular weight excluding hydrogens is 402 g/mol. The van der Waals surface area contributed by atoms with E-state index in [4.69, 9.17) is 5.26 Å². The van der Waals surface area contributed by atoms with E-state index in [0.717, 1.165) is 0 Å². The van der Waals surface area contributed by atoms with Gasteiger partial charge in [0.15, 0.2) is 0 Å². The van der Waals surface area contributed by atoms with Crippen LogP contribution in [0.5, 0.6) is 0 Å². The Balaban J connectivity index is 1.74. The van der Waals surface area contributed by atoms with Crippen molar-refractivity contribution < 1.29 is 13.6 Å². The molecule has 31 heavy (non-hydrogen) atoms. The molecular formula is C22H24F2N6O. The highest BCUT2D eigenvalue weighted by Crippen LogP contribution is 2.21. The molecule has 2 amide bonds. The Hall–Kier alpha value is -3.67. The minimum Gasteiger partial charge on any atom is -0.335 e. The number of amides is 2. The number of carbonyl (C=O) groups is 1. The number of carbonyl (C=O) groups excluding carboxylic acids is 1. The maximum atomic E-state index is 13.6. The summed E-state index contributed by atoms with van der Waals surface area (Å²) < 4.78 is 27.0. The summed E-state index contributed by atoms with van der Waals surface area (Å²) in [5, 5.41) is 14.9. The summed E-state index contributed by atoms with van der Waals surface area (Å²) in [4.78, 5) is 20.2. The smallest absolute Gasteiger partial charge is 0.321 e. The van der Waals surface area contributed by atoms with Crippen LogP contribution in [0, 0.1) is 29.0 Å². The second kappa shape index (κ2) is 9.89. The van der Waals surface area contributed by atoms with Crippen molar-refractivity contribution >= 4 is 23.4 Å². The molecule has 2 N–H and O–H groups in total. The molecule has 1 heterocycles. The molecule has 0 spiro atoms. The number of benzene rings is 2. The number of aliphatic imine (C=N–C) groups is 1. The highest BCUT2D eigenvalue weighted by Gasteiger charge is 2.33. The number of hydrogen-bond acceptors (Lipinski definition) is 3. The first-order valence-electron chi connectivity index (χ1n) is 9.95. The molecule has 9 heteroatoms. The Morgan fingerprint density at radius 1 is 1.10 bits per heavy atom. The Labute approximate surface area is 180 Å². The van der Waals surface area contributed by atoms with Crippen molar-refractivity contribution in [2.75, 3.05) is 30.3 Å². The largest absolute Gasteiger partial charge is 0.335 e. The second-order valence-electron chi connectivity index (χ2n) is 7.56. The molecule has 2 aromatic carbocycles. The molecule has 0 aromatic heterocycles. The molecule has 1 atom stereocenters. The Morgan fingerprint density at radius 2 is 1.71 bits per heavy atom. The number of nitrogens with one attached hydrogen (secondary N) is 2. The summed E-state index contributed by atoms with van der Waals surface area (Å²) in [6.45, 7) is 5.20. The normalized spacial score (nSPS) is 16.8. The van der Waals surface area contributed by atoms with Gasteiger partial charge in [-0.3, -0.25) is 0 Å². The summed E-state index contributed by atoms with van der Waals surface area (Å²) in [5.41, 5.74) is 0.857. The minimum absolute atomic E-state index is 0.128. The average Bonchev–Trinajstić information content (AvgIpc) is 2.73.